The third-order valence-electron chi connectivity index (χ3n) is 3.67. The molecule has 1 aliphatic heterocycles. The Morgan fingerprint density at radius 2 is 2.00 bits per heavy atom. The second-order valence-electron chi connectivity index (χ2n) is 5.22. The summed E-state index contributed by atoms with van der Waals surface area (Å²) in [4.78, 5) is 2.53. The molecule has 3 nitrogen and oxygen atoms in total. The maximum absolute atomic E-state index is 5.61. The van der Waals surface area contributed by atoms with Crippen LogP contribution in [0.4, 0.5) is 0 Å². The topological polar surface area (TPSA) is 38.5 Å². The van der Waals surface area contributed by atoms with Crippen molar-refractivity contribution in [1.29, 1.82) is 0 Å². The van der Waals surface area contributed by atoms with Crippen LogP contribution in [0, 0.1) is 5.92 Å². The lowest BCUT2D eigenvalue weighted by Crippen LogP contribution is -2.36. The van der Waals surface area contributed by atoms with Gasteiger partial charge in [0.1, 0.15) is 0 Å². The van der Waals surface area contributed by atoms with Crippen LogP contribution in [0.2, 0.25) is 0 Å². The average Bonchev–Trinajstić information content (AvgIpc) is 2.40. The number of hydrogen-bond donors (Lipinski definition) is 1. The quantitative estimate of drug-likeness (QED) is 0.866. The molecule has 0 saturated carbocycles. The summed E-state index contributed by atoms with van der Waals surface area (Å²) in [6, 6.07) is 8.65. The highest BCUT2D eigenvalue weighted by Crippen LogP contribution is 2.18. The fourth-order valence-corrected chi connectivity index (χ4v) is 2.71. The first kappa shape index (κ1) is 13.5. The third kappa shape index (κ3) is 3.80. The van der Waals surface area contributed by atoms with Gasteiger partial charge < -0.3 is 10.5 Å². The smallest absolute Gasteiger partial charge is 0.0502 e. The van der Waals surface area contributed by atoms with E-state index in [2.05, 4.69) is 29.2 Å². The first-order valence-corrected chi connectivity index (χ1v) is 6.81. The van der Waals surface area contributed by atoms with Gasteiger partial charge in [-0.1, -0.05) is 24.3 Å². The van der Waals surface area contributed by atoms with Crippen molar-refractivity contribution >= 4 is 0 Å². The van der Waals surface area contributed by atoms with E-state index in [1.165, 1.54) is 30.5 Å². The molecule has 1 fully saturated rings. The number of rotatable bonds is 5. The number of hydrogen-bond acceptors (Lipinski definition) is 3. The Hall–Kier alpha value is -0.900. The van der Waals surface area contributed by atoms with E-state index in [0.717, 1.165) is 19.7 Å². The van der Waals surface area contributed by atoms with E-state index in [1.807, 2.05) is 0 Å². The molecule has 0 amide bonds. The molecule has 0 radical (unpaired) electrons. The summed E-state index contributed by atoms with van der Waals surface area (Å²) in [5, 5.41) is 0. The minimum atomic E-state index is 0.625. The SMILES string of the molecule is COCC1CCCN(Cc2ccc(CN)cc2)C1. The molecule has 0 aromatic heterocycles. The normalized spacial score (nSPS) is 21.1. The molecule has 1 saturated heterocycles. The average molecular weight is 248 g/mol. The largest absolute Gasteiger partial charge is 0.384 e. The highest BCUT2D eigenvalue weighted by atomic mass is 16.5. The molecule has 3 heteroatoms. The molecule has 0 aliphatic carbocycles. The molecular formula is C15H24N2O. The van der Waals surface area contributed by atoms with Crippen LogP contribution in [-0.4, -0.2) is 31.7 Å². The van der Waals surface area contributed by atoms with E-state index < -0.39 is 0 Å². The number of ether oxygens (including phenoxy) is 1. The van der Waals surface area contributed by atoms with E-state index in [-0.39, 0.29) is 0 Å². The Bertz CT molecular complexity index is 348. The Kier molecular flexibility index (Phi) is 5.17. The summed E-state index contributed by atoms with van der Waals surface area (Å²) in [6.45, 7) is 4.93. The second kappa shape index (κ2) is 6.88. The number of nitrogens with zero attached hydrogens (tertiary/aromatic N) is 1. The van der Waals surface area contributed by atoms with E-state index in [9.17, 15) is 0 Å². The van der Waals surface area contributed by atoms with Crippen LogP contribution in [0.25, 0.3) is 0 Å². The fourth-order valence-electron chi connectivity index (χ4n) is 2.71. The molecule has 0 bridgehead atoms. The maximum atomic E-state index is 5.61. The molecule has 1 aromatic rings. The van der Waals surface area contributed by atoms with Gasteiger partial charge in [0.2, 0.25) is 0 Å². The third-order valence-corrected chi connectivity index (χ3v) is 3.67. The van der Waals surface area contributed by atoms with Crippen LogP contribution in [-0.2, 0) is 17.8 Å². The number of methoxy groups -OCH3 is 1. The molecule has 2 rings (SSSR count). The molecule has 1 aromatic carbocycles. The van der Waals surface area contributed by atoms with Gasteiger partial charge in [-0.15, -0.1) is 0 Å². The van der Waals surface area contributed by atoms with Gasteiger partial charge >= 0.3 is 0 Å². The van der Waals surface area contributed by atoms with Gasteiger partial charge in [0.05, 0.1) is 6.61 Å². The van der Waals surface area contributed by atoms with Crippen molar-refractivity contribution in [3.63, 3.8) is 0 Å². The lowest BCUT2D eigenvalue weighted by molar-refractivity contribution is 0.0874. The van der Waals surface area contributed by atoms with Crippen LogP contribution < -0.4 is 5.73 Å². The summed E-state index contributed by atoms with van der Waals surface area (Å²) in [5.41, 5.74) is 8.19. The lowest BCUT2D eigenvalue weighted by atomic mass is 9.98. The molecular weight excluding hydrogens is 224 g/mol. The summed E-state index contributed by atoms with van der Waals surface area (Å²) < 4.78 is 5.27. The van der Waals surface area contributed by atoms with Crippen molar-refractivity contribution < 1.29 is 4.74 Å². The first-order chi connectivity index (χ1) is 8.81. The van der Waals surface area contributed by atoms with Crippen molar-refractivity contribution in [2.75, 3.05) is 26.8 Å². The van der Waals surface area contributed by atoms with Crippen LogP contribution in [0.1, 0.15) is 24.0 Å². The minimum Gasteiger partial charge on any atom is -0.384 e. The highest BCUT2D eigenvalue weighted by Gasteiger charge is 2.19. The molecule has 100 valence electrons. The number of piperidine rings is 1. The predicted octanol–water partition coefficient (Wildman–Crippen LogP) is 2.00. The van der Waals surface area contributed by atoms with Gasteiger partial charge in [0, 0.05) is 26.7 Å². The number of nitrogens with two attached hydrogens (primary N) is 1. The monoisotopic (exact) mass is 248 g/mol. The summed E-state index contributed by atoms with van der Waals surface area (Å²) in [7, 11) is 1.80. The van der Waals surface area contributed by atoms with E-state index in [1.54, 1.807) is 7.11 Å². The van der Waals surface area contributed by atoms with E-state index >= 15 is 0 Å². The van der Waals surface area contributed by atoms with Crippen LogP contribution in [0.5, 0.6) is 0 Å². The first-order valence-electron chi connectivity index (χ1n) is 6.81. The zero-order chi connectivity index (χ0) is 12.8. The van der Waals surface area contributed by atoms with Gasteiger partial charge in [0.15, 0.2) is 0 Å². The van der Waals surface area contributed by atoms with Crippen molar-refractivity contribution in [3.8, 4) is 0 Å². The van der Waals surface area contributed by atoms with Crippen molar-refractivity contribution in [2.45, 2.75) is 25.9 Å². The zero-order valence-corrected chi connectivity index (χ0v) is 11.3. The summed E-state index contributed by atoms with van der Waals surface area (Å²) in [5.74, 6) is 0.701. The summed E-state index contributed by atoms with van der Waals surface area (Å²) >= 11 is 0. The second-order valence-corrected chi connectivity index (χ2v) is 5.22. The Morgan fingerprint density at radius 3 is 2.67 bits per heavy atom. The lowest BCUT2D eigenvalue weighted by Gasteiger charge is -2.32. The Labute approximate surface area is 110 Å². The van der Waals surface area contributed by atoms with E-state index in [4.69, 9.17) is 10.5 Å². The molecule has 1 atom stereocenters. The molecule has 2 N–H and O–H groups in total. The van der Waals surface area contributed by atoms with Crippen molar-refractivity contribution in [3.05, 3.63) is 35.4 Å². The standard InChI is InChI=1S/C15H24N2O/c1-18-12-15-3-2-8-17(11-15)10-14-6-4-13(9-16)5-7-14/h4-7,15H,2-3,8-12,16H2,1H3. The number of benzene rings is 1. The highest BCUT2D eigenvalue weighted by molar-refractivity contribution is 5.22. The van der Waals surface area contributed by atoms with Gasteiger partial charge in [-0.2, -0.15) is 0 Å². The summed E-state index contributed by atoms with van der Waals surface area (Å²) in [6.07, 6.45) is 2.59. The van der Waals surface area contributed by atoms with Crippen molar-refractivity contribution in [2.24, 2.45) is 11.7 Å². The predicted molar refractivity (Wildman–Crippen MR) is 74.2 cm³/mol. The molecule has 1 aliphatic rings. The zero-order valence-electron chi connectivity index (χ0n) is 11.3. The van der Waals surface area contributed by atoms with Gasteiger partial charge in [-0.3, -0.25) is 4.90 Å². The maximum Gasteiger partial charge on any atom is 0.0502 e. The van der Waals surface area contributed by atoms with Gasteiger partial charge in [-0.05, 0) is 36.4 Å². The van der Waals surface area contributed by atoms with Crippen LogP contribution in [0.15, 0.2) is 24.3 Å². The van der Waals surface area contributed by atoms with Crippen molar-refractivity contribution in [1.82, 2.24) is 4.90 Å². The molecule has 0 spiro atoms. The Balaban J connectivity index is 1.87. The van der Waals surface area contributed by atoms with Crippen LogP contribution in [0.3, 0.4) is 0 Å². The Morgan fingerprint density at radius 1 is 1.28 bits per heavy atom. The van der Waals surface area contributed by atoms with Gasteiger partial charge in [-0.25, -0.2) is 0 Å². The van der Waals surface area contributed by atoms with Crippen LogP contribution >= 0.6 is 0 Å². The minimum absolute atomic E-state index is 0.625. The fraction of sp³-hybridized carbons (Fsp3) is 0.600. The molecule has 1 unspecified atom stereocenters. The molecule has 1 heterocycles. The number of likely N-dealkylation sites (tertiary alicyclic amines) is 1. The molecule has 18 heavy (non-hydrogen) atoms. The van der Waals surface area contributed by atoms with Gasteiger partial charge in [0.25, 0.3) is 0 Å². The van der Waals surface area contributed by atoms with E-state index in [0.29, 0.717) is 12.5 Å².